The average molecular weight is 298 g/mol. The van der Waals surface area contributed by atoms with E-state index >= 15 is 0 Å². The Balaban J connectivity index is 1.70. The third kappa shape index (κ3) is 2.89. The molecule has 0 N–H and O–H groups in total. The third-order valence-corrected chi connectivity index (χ3v) is 4.19. The summed E-state index contributed by atoms with van der Waals surface area (Å²) in [6, 6.07) is 6.19. The Labute approximate surface area is 131 Å². The molecule has 5 heteroatoms. The number of hydrogen-bond acceptors (Lipinski definition) is 3. The first kappa shape index (κ1) is 14.8. The van der Waals surface area contributed by atoms with E-state index in [1.165, 1.54) is 5.56 Å². The minimum Gasteiger partial charge on any atom is -0.337 e. The fourth-order valence-electron chi connectivity index (χ4n) is 2.87. The summed E-state index contributed by atoms with van der Waals surface area (Å²) >= 11 is 0. The molecule has 1 fully saturated rings. The second-order valence-corrected chi connectivity index (χ2v) is 6.27. The van der Waals surface area contributed by atoms with Crippen LogP contribution in [0.15, 0.2) is 30.6 Å². The quantitative estimate of drug-likeness (QED) is 0.875. The first-order chi connectivity index (χ1) is 10.5. The van der Waals surface area contributed by atoms with Gasteiger partial charge in [-0.15, -0.1) is 0 Å². The van der Waals surface area contributed by atoms with Gasteiger partial charge in [0, 0.05) is 43.1 Å². The Hall–Kier alpha value is -2.17. The van der Waals surface area contributed by atoms with E-state index in [9.17, 15) is 4.79 Å². The smallest absolute Gasteiger partial charge is 0.274 e. The Bertz CT molecular complexity index is 677. The molecule has 3 rings (SSSR count). The van der Waals surface area contributed by atoms with E-state index < -0.39 is 0 Å². The van der Waals surface area contributed by atoms with Gasteiger partial charge in [-0.05, 0) is 51.0 Å². The predicted molar refractivity (Wildman–Crippen MR) is 84.8 cm³/mol. The van der Waals surface area contributed by atoms with Gasteiger partial charge in [-0.2, -0.15) is 5.10 Å². The van der Waals surface area contributed by atoms with Gasteiger partial charge >= 0.3 is 0 Å². The van der Waals surface area contributed by atoms with Crippen LogP contribution in [0.2, 0.25) is 0 Å². The number of pyridine rings is 1. The van der Waals surface area contributed by atoms with E-state index in [1.54, 1.807) is 6.07 Å². The molecule has 2 aromatic rings. The van der Waals surface area contributed by atoms with Crippen molar-refractivity contribution in [2.24, 2.45) is 0 Å². The summed E-state index contributed by atoms with van der Waals surface area (Å²) in [5.74, 6) is 0.352. The molecule has 116 valence electrons. The molecule has 1 aliphatic heterocycles. The maximum atomic E-state index is 12.6. The second-order valence-electron chi connectivity index (χ2n) is 6.27. The highest BCUT2D eigenvalue weighted by Crippen LogP contribution is 2.27. The highest BCUT2D eigenvalue weighted by atomic mass is 16.2. The topological polar surface area (TPSA) is 51.0 Å². The zero-order valence-corrected chi connectivity index (χ0v) is 13.4. The lowest BCUT2D eigenvalue weighted by Gasteiger charge is -2.15. The summed E-state index contributed by atoms with van der Waals surface area (Å²) in [5, 5.41) is 4.38. The van der Waals surface area contributed by atoms with Crippen molar-refractivity contribution in [3.05, 3.63) is 47.5 Å². The molecule has 0 spiro atoms. The summed E-state index contributed by atoms with van der Waals surface area (Å²) in [6.45, 7) is 7.67. The molecule has 0 aromatic carbocycles. The average Bonchev–Trinajstić information content (AvgIpc) is 3.16. The van der Waals surface area contributed by atoms with Gasteiger partial charge in [0.2, 0.25) is 0 Å². The number of amides is 1. The van der Waals surface area contributed by atoms with E-state index in [2.05, 4.69) is 36.9 Å². The monoisotopic (exact) mass is 298 g/mol. The Morgan fingerprint density at radius 3 is 2.86 bits per heavy atom. The van der Waals surface area contributed by atoms with Gasteiger partial charge in [0.25, 0.3) is 5.91 Å². The van der Waals surface area contributed by atoms with Gasteiger partial charge in [0.1, 0.15) is 5.69 Å². The standard InChI is InChI=1S/C17H22N4O/c1-12(2)21-9-6-15(19-21)17(22)20-8-5-14(11-20)16-10-13(3)4-7-18-16/h4,6-7,9-10,12,14H,5,8,11H2,1-3H3/t14-/m1/s1. The number of hydrogen-bond donors (Lipinski definition) is 0. The molecule has 0 saturated carbocycles. The van der Waals surface area contributed by atoms with Crippen LogP contribution < -0.4 is 0 Å². The van der Waals surface area contributed by atoms with Gasteiger partial charge < -0.3 is 4.90 Å². The van der Waals surface area contributed by atoms with Crippen molar-refractivity contribution in [1.29, 1.82) is 0 Å². The van der Waals surface area contributed by atoms with E-state index in [0.717, 1.165) is 25.2 Å². The SMILES string of the molecule is Cc1ccnc([C@@H]2CCN(C(=O)c3ccn(C(C)C)n3)C2)c1. The molecule has 0 aliphatic carbocycles. The molecule has 2 aromatic heterocycles. The highest BCUT2D eigenvalue weighted by molar-refractivity contribution is 5.92. The highest BCUT2D eigenvalue weighted by Gasteiger charge is 2.29. The third-order valence-electron chi connectivity index (χ3n) is 4.19. The number of carbonyl (C=O) groups is 1. The first-order valence-electron chi connectivity index (χ1n) is 7.81. The molecular formula is C17H22N4O. The van der Waals surface area contributed by atoms with Crippen LogP contribution in [0.25, 0.3) is 0 Å². The van der Waals surface area contributed by atoms with Crippen LogP contribution in [-0.2, 0) is 0 Å². The maximum Gasteiger partial charge on any atom is 0.274 e. The molecule has 1 saturated heterocycles. The van der Waals surface area contributed by atoms with Gasteiger partial charge in [0.05, 0.1) is 0 Å². The molecule has 0 bridgehead atoms. The van der Waals surface area contributed by atoms with Gasteiger partial charge in [-0.3, -0.25) is 14.5 Å². The summed E-state index contributed by atoms with van der Waals surface area (Å²) in [7, 11) is 0. The van der Waals surface area contributed by atoms with Crippen LogP contribution in [0.5, 0.6) is 0 Å². The summed E-state index contributed by atoms with van der Waals surface area (Å²) in [6.07, 6.45) is 4.68. The molecule has 0 radical (unpaired) electrons. The fraction of sp³-hybridized carbons (Fsp3) is 0.471. The molecule has 5 nitrogen and oxygen atoms in total. The van der Waals surface area contributed by atoms with Crippen LogP contribution in [0.3, 0.4) is 0 Å². The van der Waals surface area contributed by atoms with Crippen molar-refractivity contribution in [2.75, 3.05) is 13.1 Å². The van der Waals surface area contributed by atoms with Crippen molar-refractivity contribution in [1.82, 2.24) is 19.7 Å². The molecule has 1 atom stereocenters. The number of aryl methyl sites for hydroxylation is 1. The van der Waals surface area contributed by atoms with E-state index in [-0.39, 0.29) is 11.9 Å². The molecule has 1 amide bonds. The summed E-state index contributed by atoms with van der Waals surface area (Å²) in [5.41, 5.74) is 2.83. The van der Waals surface area contributed by atoms with Crippen LogP contribution >= 0.6 is 0 Å². The van der Waals surface area contributed by atoms with Crippen LogP contribution in [-0.4, -0.2) is 38.7 Å². The second kappa shape index (κ2) is 5.91. The van der Waals surface area contributed by atoms with Gasteiger partial charge in [-0.1, -0.05) is 0 Å². The maximum absolute atomic E-state index is 12.6. The Morgan fingerprint density at radius 2 is 2.18 bits per heavy atom. The van der Waals surface area contributed by atoms with Gasteiger partial charge in [0.15, 0.2) is 0 Å². The lowest BCUT2D eigenvalue weighted by atomic mass is 10.0. The lowest BCUT2D eigenvalue weighted by Crippen LogP contribution is -2.29. The van der Waals surface area contributed by atoms with E-state index in [1.807, 2.05) is 28.0 Å². The van der Waals surface area contributed by atoms with Crippen molar-refractivity contribution in [3.63, 3.8) is 0 Å². The van der Waals surface area contributed by atoms with Crippen molar-refractivity contribution < 1.29 is 4.79 Å². The Morgan fingerprint density at radius 1 is 1.36 bits per heavy atom. The number of carbonyl (C=O) groups excluding carboxylic acids is 1. The molecule has 1 aliphatic rings. The van der Waals surface area contributed by atoms with E-state index in [0.29, 0.717) is 11.6 Å². The molecular weight excluding hydrogens is 276 g/mol. The predicted octanol–water partition coefficient (Wildman–Crippen LogP) is 2.80. The minimum absolute atomic E-state index is 0.0227. The van der Waals surface area contributed by atoms with Crippen LogP contribution in [0.1, 0.15) is 54.0 Å². The van der Waals surface area contributed by atoms with Crippen molar-refractivity contribution >= 4 is 5.91 Å². The Kier molecular flexibility index (Phi) is 3.96. The number of likely N-dealkylation sites (tertiary alicyclic amines) is 1. The normalized spacial score (nSPS) is 18.2. The summed E-state index contributed by atoms with van der Waals surface area (Å²) < 4.78 is 1.82. The summed E-state index contributed by atoms with van der Waals surface area (Å²) in [4.78, 5) is 18.9. The van der Waals surface area contributed by atoms with Crippen LogP contribution in [0.4, 0.5) is 0 Å². The molecule has 0 unspecified atom stereocenters. The van der Waals surface area contributed by atoms with Crippen molar-refractivity contribution in [3.8, 4) is 0 Å². The van der Waals surface area contributed by atoms with E-state index in [4.69, 9.17) is 0 Å². The zero-order valence-electron chi connectivity index (χ0n) is 13.4. The van der Waals surface area contributed by atoms with Gasteiger partial charge in [-0.25, -0.2) is 0 Å². The zero-order chi connectivity index (χ0) is 15.7. The fourth-order valence-corrected chi connectivity index (χ4v) is 2.87. The largest absolute Gasteiger partial charge is 0.337 e. The lowest BCUT2D eigenvalue weighted by molar-refractivity contribution is 0.0783. The number of nitrogens with zero attached hydrogens (tertiary/aromatic N) is 4. The number of aromatic nitrogens is 3. The first-order valence-corrected chi connectivity index (χ1v) is 7.81. The molecule has 22 heavy (non-hydrogen) atoms. The van der Waals surface area contributed by atoms with Crippen LogP contribution in [0, 0.1) is 6.92 Å². The van der Waals surface area contributed by atoms with Crippen molar-refractivity contribution in [2.45, 2.75) is 39.2 Å². The number of rotatable bonds is 3. The minimum atomic E-state index is 0.0227. The molecule has 3 heterocycles.